The van der Waals surface area contributed by atoms with Gasteiger partial charge >= 0.3 is 0 Å². The quantitative estimate of drug-likeness (QED) is 0.844. The Bertz CT molecular complexity index is 482. The van der Waals surface area contributed by atoms with Gasteiger partial charge in [-0.05, 0) is 12.6 Å². The predicted octanol–water partition coefficient (Wildman–Crippen LogP) is 0.893. The van der Waals surface area contributed by atoms with Crippen molar-refractivity contribution < 1.29 is 4.74 Å². The van der Waals surface area contributed by atoms with E-state index in [0.29, 0.717) is 29.6 Å². The Kier molecular flexibility index (Phi) is 2.75. The first-order valence-corrected chi connectivity index (χ1v) is 4.92. The molecule has 2 N–H and O–H groups in total. The molecule has 2 aromatic rings. The minimum absolute atomic E-state index is 0.495. The summed E-state index contributed by atoms with van der Waals surface area (Å²) >= 11 is 6.09. The van der Waals surface area contributed by atoms with E-state index in [2.05, 4.69) is 10.1 Å². The molecule has 0 aliphatic carbocycles. The summed E-state index contributed by atoms with van der Waals surface area (Å²) in [5.74, 6) is 0.501. The van der Waals surface area contributed by atoms with E-state index in [1.54, 1.807) is 23.8 Å². The highest BCUT2D eigenvalue weighted by Crippen LogP contribution is 2.19. The molecule has 0 radical (unpaired) electrons. The molecule has 0 atom stereocenters. The summed E-state index contributed by atoms with van der Waals surface area (Å²) in [6, 6.07) is 3.54. The smallest absolute Gasteiger partial charge is 0.231 e. The van der Waals surface area contributed by atoms with Crippen LogP contribution in [0.1, 0.15) is 5.69 Å². The molecule has 2 rings (SSSR count). The lowest BCUT2D eigenvalue weighted by molar-refractivity contribution is 0.390. The van der Waals surface area contributed by atoms with Crippen LogP contribution in [0.25, 0.3) is 5.65 Å². The van der Waals surface area contributed by atoms with Gasteiger partial charge in [0.1, 0.15) is 0 Å². The molecular formula is C9H11ClN4O. The highest BCUT2D eigenvalue weighted by atomic mass is 35.5. The molecule has 0 amide bonds. The summed E-state index contributed by atoms with van der Waals surface area (Å²) in [5.41, 5.74) is 6.92. The molecule has 0 spiro atoms. The second kappa shape index (κ2) is 4.04. The lowest BCUT2D eigenvalue weighted by Crippen LogP contribution is -2.03. The van der Waals surface area contributed by atoms with Crippen molar-refractivity contribution in [3.8, 4) is 5.88 Å². The van der Waals surface area contributed by atoms with Gasteiger partial charge in [0.25, 0.3) is 0 Å². The van der Waals surface area contributed by atoms with Gasteiger partial charge in [0.15, 0.2) is 10.8 Å². The van der Waals surface area contributed by atoms with Crippen molar-refractivity contribution in [3.63, 3.8) is 0 Å². The highest BCUT2D eigenvalue weighted by Gasteiger charge is 2.10. The van der Waals surface area contributed by atoms with Gasteiger partial charge < -0.3 is 10.5 Å². The monoisotopic (exact) mass is 226 g/mol. The zero-order valence-electron chi connectivity index (χ0n) is 8.27. The topological polar surface area (TPSA) is 65.4 Å². The van der Waals surface area contributed by atoms with E-state index in [1.165, 1.54) is 0 Å². The maximum Gasteiger partial charge on any atom is 0.231 e. The number of halogens is 1. The minimum atomic E-state index is 0.495. The second-order valence-electron chi connectivity index (χ2n) is 3.03. The van der Waals surface area contributed by atoms with Crippen LogP contribution in [-0.2, 0) is 6.42 Å². The number of nitrogens with two attached hydrogens (primary N) is 1. The number of fused-ring (bicyclic) bond motifs is 1. The minimum Gasteiger partial charge on any atom is -0.480 e. The number of imidazole rings is 1. The Morgan fingerprint density at radius 3 is 3.00 bits per heavy atom. The molecule has 0 aromatic carbocycles. The van der Waals surface area contributed by atoms with E-state index < -0.39 is 0 Å². The molecule has 0 aliphatic rings. The van der Waals surface area contributed by atoms with E-state index >= 15 is 0 Å². The fraction of sp³-hybridized carbons (Fsp3) is 0.333. The van der Waals surface area contributed by atoms with Crippen LogP contribution in [0.15, 0.2) is 12.1 Å². The zero-order chi connectivity index (χ0) is 10.8. The number of hydrogen-bond donors (Lipinski definition) is 1. The van der Waals surface area contributed by atoms with E-state index in [4.69, 9.17) is 22.1 Å². The number of aromatic nitrogens is 3. The van der Waals surface area contributed by atoms with Gasteiger partial charge in [0, 0.05) is 12.5 Å². The number of rotatable bonds is 3. The fourth-order valence-corrected chi connectivity index (χ4v) is 1.60. The SMILES string of the molecule is COc1ccc2nc(CCN)c(Cl)n2n1. The molecule has 2 heterocycles. The fourth-order valence-electron chi connectivity index (χ4n) is 1.34. The summed E-state index contributed by atoms with van der Waals surface area (Å²) in [7, 11) is 1.56. The van der Waals surface area contributed by atoms with Crippen LogP contribution in [0.5, 0.6) is 5.88 Å². The highest BCUT2D eigenvalue weighted by molar-refractivity contribution is 6.30. The molecule has 6 heteroatoms. The molecule has 0 unspecified atom stereocenters. The van der Waals surface area contributed by atoms with Crippen molar-refractivity contribution in [2.75, 3.05) is 13.7 Å². The largest absolute Gasteiger partial charge is 0.480 e. The van der Waals surface area contributed by atoms with Crippen LogP contribution in [0.4, 0.5) is 0 Å². The molecule has 15 heavy (non-hydrogen) atoms. The van der Waals surface area contributed by atoms with Gasteiger partial charge in [-0.1, -0.05) is 11.6 Å². The van der Waals surface area contributed by atoms with Crippen LogP contribution >= 0.6 is 11.6 Å². The van der Waals surface area contributed by atoms with Gasteiger partial charge in [-0.3, -0.25) is 0 Å². The van der Waals surface area contributed by atoms with Gasteiger partial charge in [0.05, 0.1) is 12.8 Å². The van der Waals surface area contributed by atoms with Gasteiger partial charge in [-0.25, -0.2) is 4.98 Å². The molecule has 80 valence electrons. The Morgan fingerprint density at radius 1 is 1.53 bits per heavy atom. The van der Waals surface area contributed by atoms with Crippen molar-refractivity contribution in [2.24, 2.45) is 5.73 Å². The average Bonchev–Trinajstić information content (AvgIpc) is 2.56. The third kappa shape index (κ3) is 1.75. The average molecular weight is 227 g/mol. The number of ether oxygens (including phenoxy) is 1. The maximum atomic E-state index is 6.09. The second-order valence-corrected chi connectivity index (χ2v) is 3.39. The molecule has 0 saturated heterocycles. The Labute approximate surface area is 91.8 Å². The molecule has 2 aromatic heterocycles. The molecule has 0 bridgehead atoms. The summed E-state index contributed by atoms with van der Waals surface area (Å²) in [6.07, 6.45) is 0.643. The third-order valence-electron chi connectivity index (χ3n) is 2.05. The first-order valence-electron chi connectivity index (χ1n) is 4.54. The summed E-state index contributed by atoms with van der Waals surface area (Å²) in [4.78, 5) is 4.31. The number of hydrogen-bond acceptors (Lipinski definition) is 4. The van der Waals surface area contributed by atoms with E-state index in [9.17, 15) is 0 Å². The van der Waals surface area contributed by atoms with Crippen LogP contribution in [0.3, 0.4) is 0 Å². The van der Waals surface area contributed by atoms with Gasteiger partial charge in [0.2, 0.25) is 5.88 Å². The van der Waals surface area contributed by atoms with Crippen LogP contribution in [0.2, 0.25) is 5.15 Å². The van der Waals surface area contributed by atoms with Crippen LogP contribution in [-0.4, -0.2) is 28.3 Å². The number of methoxy groups -OCH3 is 1. The van der Waals surface area contributed by atoms with Crippen molar-refractivity contribution in [2.45, 2.75) is 6.42 Å². The number of nitrogens with zero attached hydrogens (tertiary/aromatic N) is 3. The zero-order valence-corrected chi connectivity index (χ0v) is 9.03. The van der Waals surface area contributed by atoms with E-state index in [0.717, 1.165) is 5.69 Å². The normalized spacial score (nSPS) is 10.9. The summed E-state index contributed by atoms with van der Waals surface area (Å²) in [6.45, 7) is 0.515. The van der Waals surface area contributed by atoms with E-state index in [1.807, 2.05) is 0 Å². The van der Waals surface area contributed by atoms with Crippen LogP contribution in [0, 0.1) is 0 Å². The third-order valence-corrected chi connectivity index (χ3v) is 2.43. The Hall–Kier alpha value is -1.33. The lowest BCUT2D eigenvalue weighted by Gasteiger charge is -1.98. The summed E-state index contributed by atoms with van der Waals surface area (Å²) in [5, 5.41) is 4.65. The molecule has 5 nitrogen and oxygen atoms in total. The van der Waals surface area contributed by atoms with Crippen LogP contribution < -0.4 is 10.5 Å². The van der Waals surface area contributed by atoms with Gasteiger partial charge in [-0.15, -0.1) is 5.10 Å². The molecule has 0 fully saturated rings. The van der Waals surface area contributed by atoms with Crippen molar-refractivity contribution in [3.05, 3.63) is 23.0 Å². The summed E-state index contributed by atoms with van der Waals surface area (Å²) < 4.78 is 6.55. The van der Waals surface area contributed by atoms with E-state index in [-0.39, 0.29) is 0 Å². The van der Waals surface area contributed by atoms with Crippen molar-refractivity contribution in [1.82, 2.24) is 14.6 Å². The first kappa shape index (κ1) is 10.2. The molecule has 0 saturated carbocycles. The van der Waals surface area contributed by atoms with Gasteiger partial charge in [-0.2, -0.15) is 4.52 Å². The first-order chi connectivity index (χ1) is 7.26. The predicted molar refractivity (Wildman–Crippen MR) is 57.3 cm³/mol. The Morgan fingerprint density at radius 2 is 2.33 bits per heavy atom. The molecule has 0 aliphatic heterocycles. The van der Waals surface area contributed by atoms with Crippen molar-refractivity contribution >= 4 is 17.2 Å². The standard InChI is InChI=1S/C9H11ClN4O/c1-15-8-3-2-7-12-6(4-5-11)9(10)14(7)13-8/h2-3H,4-5,11H2,1H3. The maximum absolute atomic E-state index is 6.09. The molecular weight excluding hydrogens is 216 g/mol. The Balaban J connectivity index is 2.56. The lowest BCUT2D eigenvalue weighted by atomic mass is 10.3. The van der Waals surface area contributed by atoms with Crippen molar-refractivity contribution in [1.29, 1.82) is 0 Å².